The van der Waals surface area contributed by atoms with Crippen LogP contribution in [-0.2, 0) is 16.6 Å². The largest absolute Gasteiger partial charge is 0.240 e. The van der Waals surface area contributed by atoms with Gasteiger partial charge in [-0.25, -0.2) is 22.2 Å². The van der Waals surface area contributed by atoms with Crippen LogP contribution in [0.1, 0.15) is 5.56 Å². The highest BCUT2D eigenvalue weighted by atomic mass is 32.2. The second kappa shape index (κ2) is 7.98. The van der Waals surface area contributed by atoms with Gasteiger partial charge >= 0.3 is 0 Å². The molecule has 1 aromatic heterocycles. The highest BCUT2D eigenvalue weighted by Crippen LogP contribution is 2.24. The van der Waals surface area contributed by atoms with Crippen molar-refractivity contribution in [1.82, 2.24) is 14.5 Å². The number of hydrogen-bond acceptors (Lipinski definition) is 3. The van der Waals surface area contributed by atoms with Gasteiger partial charge in [0.25, 0.3) is 0 Å². The average Bonchev–Trinajstić information content (AvgIpc) is 3.18. The topological polar surface area (TPSA) is 64.0 Å². The van der Waals surface area contributed by atoms with Crippen molar-refractivity contribution < 1.29 is 12.8 Å². The summed E-state index contributed by atoms with van der Waals surface area (Å²) in [6.07, 6.45) is 1.81. The molecule has 0 amide bonds. The molecule has 5 nitrogen and oxygen atoms in total. The second-order valence-corrected chi connectivity index (χ2v) is 8.19. The summed E-state index contributed by atoms with van der Waals surface area (Å²) in [6.45, 7) is 0.0524. The SMILES string of the molecule is O=S(=O)(NCc1cn(-c2ccccc2)nc1-c1ccccc1)c1ccc(F)cc1. The summed E-state index contributed by atoms with van der Waals surface area (Å²) in [4.78, 5) is 0.00983. The molecule has 4 aromatic rings. The van der Waals surface area contributed by atoms with Crippen LogP contribution < -0.4 is 4.72 Å². The molecule has 1 heterocycles. The smallest absolute Gasteiger partial charge is 0.240 e. The van der Waals surface area contributed by atoms with Crippen molar-refractivity contribution in [3.05, 3.63) is 103 Å². The van der Waals surface area contributed by atoms with Crippen LogP contribution in [0.25, 0.3) is 16.9 Å². The molecule has 0 aliphatic carbocycles. The molecular formula is C22H18FN3O2S. The highest BCUT2D eigenvalue weighted by Gasteiger charge is 2.17. The Balaban J connectivity index is 1.67. The van der Waals surface area contributed by atoms with Gasteiger partial charge in [0.05, 0.1) is 16.3 Å². The van der Waals surface area contributed by atoms with Crippen molar-refractivity contribution in [3.8, 4) is 16.9 Å². The first-order valence-corrected chi connectivity index (χ1v) is 10.5. The molecule has 3 aromatic carbocycles. The molecule has 0 fully saturated rings. The van der Waals surface area contributed by atoms with E-state index in [-0.39, 0.29) is 11.4 Å². The van der Waals surface area contributed by atoms with E-state index in [0.29, 0.717) is 5.69 Å². The fraction of sp³-hybridized carbons (Fsp3) is 0.0455. The van der Waals surface area contributed by atoms with Crippen molar-refractivity contribution in [3.63, 3.8) is 0 Å². The first kappa shape index (κ1) is 19.0. The van der Waals surface area contributed by atoms with E-state index in [9.17, 15) is 12.8 Å². The van der Waals surface area contributed by atoms with Gasteiger partial charge in [-0.1, -0.05) is 48.5 Å². The number of benzene rings is 3. The fourth-order valence-electron chi connectivity index (χ4n) is 2.96. The van der Waals surface area contributed by atoms with E-state index < -0.39 is 15.8 Å². The van der Waals surface area contributed by atoms with E-state index in [0.717, 1.165) is 28.9 Å². The summed E-state index contributed by atoms with van der Waals surface area (Å²) in [5, 5.41) is 4.67. The number of para-hydroxylation sites is 1. The Labute approximate surface area is 168 Å². The first-order valence-electron chi connectivity index (χ1n) is 8.97. The third-order valence-electron chi connectivity index (χ3n) is 4.43. The quantitative estimate of drug-likeness (QED) is 0.522. The lowest BCUT2D eigenvalue weighted by Crippen LogP contribution is -2.23. The molecule has 0 spiro atoms. The Morgan fingerprint density at radius 1 is 0.862 bits per heavy atom. The number of hydrogen-bond donors (Lipinski definition) is 1. The van der Waals surface area contributed by atoms with Crippen LogP contribution in [0.2, 0.25) is 0 Å². The van der Waals surface area contributed by atoms with Crippen molar-refractivity contribution in [2.24, 2.45) is 0 Å². The summed E-state index contributed by atoms with van der Waals surface area (Å²) < 4.78 is 42.6. The molecule has 0 aliphatic rings. The Morgan fingerprint density at radius 2 is 1.48 bits per heavy atom. The van der Waals surface area contributed by atoms with E-state index in [1.165, 1.54) is 12.1 Å². The maximum absolute atomic E-state index is 13.1. The predicted molar refractivity (Wildman–Crippen MR) is 109 cm³/mol. The van der Waals surface area contributed by atoms with Crippen LogP contribution in [0.4, 0.5) is 4.39 Å². The van der Waals surface area contributed by atoms with Gasteiger partial charge in [0.2, 0.25) is 10.0 Å². The number of rotatable bonds is 6. The van der Waals surface area contributed by atoms with Crippen LogP contribution in [0.15, 0.2) is 96.0 Å². The number of nitrogens with one attached hydrogen (secondary N) is 1. The maximum atomic E-state index is 13.1. The zero-order chi connectivity index (χ0) is 20.3. The minimum atomic E-state index is -3.78. The molecular weight excluding hydrogens is 389 g/mol. The Hall–Kier alpha value is -3.29. The predicted octanol–water partition coefficient (Wildman–Crippen LogP) is 4.16. The van der Waals surface area contributed by atoms with Crippen molar-refractivity contribution >= 4 is 10.0 Å². The molecule has 0 unspecified atom stereocenters. The van der Waals surface area contributed by atoms with Crippen LogP contribution >= 0.6 is 0 Å². The molecule has 0 atom stereocenters. The lowest BCUT2D eigenvalue weighted by molar-refractivity contribution is 0.580. The van der Waals surface area contributed by atoms with E-state index in [4.69, 9.17) is 0 Å². The fourth-order valence-corrected chi connectivity index (χ4v) is 3.97. The molecule has 146 valence electrons. The summed E-state index contributed by atoms with van der Waals surface area (Å²) in [5.41, 5.74) is 3.18. The molecule has 7 heteroatoms. The summed E-state index contributed by atoms with van der Waals surface area (Å²) >= 11 is 0. The van der Waals surface area contributed by atoms with E-state index in [2.05, 4.69) is 9.82 Å². The van der Waals surface area contributed by atoms with E-state index in [1.807, 2.05) is 66.9 Å². The molecule has 0 aliphatic heterocycles. The van der Waals surface area contributed by atoms with Gasteiger partial charge in [-0.15, -0.1) is 0 Å². The zero-order valence-corrected chi connectivity index (χ0v) is 16.2. The number of halogens is 1. The van der Waals surface area contributed by atoms with Crippen molar-refractivity contribution in [1.29, 1.82) is 0 Å². The number of nitrogens with zero attached hydrogens (tertiary/aromatic N) is 2. The van der Waals surface area contributed by atoms with E-state index >= 15 is 0 Å². The van der Waals surface area contributed by atoms with Gasteiger partial charge in [-0.2, -0.15) is 5.10 Å². The maximum Gasteiger partial charge on any atom is 0.240 e. The average molecular weight is 407 g/mol. The third-order valence-corrected chi connectivity index (χ3v) is 5.85. The third kappa shape index (κ3) is 4.26. The van der Waals surface area contributed by atoms with Crippen molar-refractivity contribution in [2.75, 3.05) is 0 Å². The Kier molecular flexibility index (Phi) is 5.24. The summed E-state index contributed by atoms with van der Waals surface area (Å²) in [6, 6.07) is 23.9. The molecule has 0 bridgehead atoms. The molecule has 4 rings (SSSR count). The molecule has 0 radical (unpaired) electrons. The Morgan fingerprint density at radius 3 is 2.14 bits per heavy atom. The Bertz CT molecular complexity index is 1210. The first-order chi connectivity index (χ1) is 14.0. The van der Waals surface area contributed by atoms with Crippen LogP contribution in [0.3, 0.4) is 0 Å². The molecule has 1 N–H and O–H groups in total. The van der Waals surface area contributed by atoms with Crippen LogP contribution in [0.5, 0.6) is 0 Å². The van der Waals surface area contributed by atoms with Crippen LogP contribution in [-0.4, -0.2) is 18.2 Å². The normalized spacial score (nSPS) is 11.5. The second-order valence-electron chi connectivity index (χ2n) is 6.43. The van der Waals surface area contributed by atoms with Crippen LogP contribution in [0, 0.1) is 5.82 Å². The van der Waals surface area contributed by atoms with Gasteiger partial charge < -0.3 is 0 Å². The molecule has 0 saturated heterocycles. The monoisotopic (exact) mass is 407 g/mol. The summed E-state index contributed by atoms with van der Waals surface area (Å²) in [5.74, 6) is -0.487. The molecule has 0 saturated carbocycles. The lowest BCUT2D eigenvalue weighted by atomic mass is 10.1. The zero-order valence-electron chi connectivity index (χ0n) is 15.4. The van der Waals surface area contributed by atoms with Gasteiger partial charge in [-0.05, 0) is 36.4 Å². The van der Waals surface area contributed by atoms with Gasteiger partial charge in [0.1, 0.15) is 5.82 Å². The van der Waals surface area contributed by atoms with Gasteiger partial charge in [0, 0.05) is 23.9 Å². The van der Waals surface area contributed by atoms with Crippen molar-refractivity contribution in [2.45, 2.75) is 11.4 Å². The van der Waals surface area contributed by atoms with Gasteiger partial charge in [-0.3, -0.25) is 0 Å². The number of sulfonamides is 1. The number of aromatic nitrogens is 2. The van der Waals surface area contributed by atoms with E-state index in [1.54, 1.807) is 4.68 Å². The van der Waals surface area contributed by atoms with Gasteiger partial charge in [0.15, 0.2) is 0 Å². The minimum absolute atomic E-state index is 0.00983. The minimum Gasteiger partial charge on any atom is -0.240 e. The standard InChI is InChI=1S/C22H18FN3O2S/c23-19-11-13-21(14-12-19)29(27,28)24-15-18-16-26(20-9-5-2-6-10-20)25-22(18)17-7-3-1-4-8-17/h1-14,16,24H,15H2. The highest BCUT2D eigenvalue weighted by molar-refractivity contribution is 7.89. The summed E-state index contributed by atoms with van der Waals surface area (Å²) in [7, 11) is -3.78. The molecule has 29 heavy (non-hydrogen) atoms. The lowest BCUT2D eigenvalue weighted by Gasteiger charge is -2.07.